The molecule has 0 aliphatic carbocycles. The third-order valence-electron chi connectivity index (χ3n) is 5.22. The van der Waals surface area contributed by atoms with Gasteiger partial charge in [-0.25, -0.2) is 9.97 Å². The van der Waals surface area contributed by atoms with Crippen LogP contribution in [0.4, 0.5) is 5.13 Å². The Morgan fingerprint density at radius 2 is 1.93 bits per heavy atom. The van der Waals surface area contributed by atoms with Crippen molar-refractivity contribution in [3.63, 3.8) is 0 Å². The molecule has 0 aliphatic rings. The molecule has 0 aliphatic heterocycles. The molecule has 0 saturated carbocycles. The van der Waals surface area contributed by atoms with Crippen LogP contribution in [0.5, 0.6) is 0 Å². The molecule has 7 heteroatoms. The number of imidazole rings is 1. The van der Waals surface area contributed by atoms with Gasteiger partial charge in [-0.1, -0.05) is 29.5 Å². The van der Waals surface area contributed by atoms with E-state index in [9.17, 15) is 4.79 Å². The van der Waals surface area contributed by atoms with E-state index < -0.39 is 0 Å². The summed E-state index contributed by atoms with van der Waals surface area (Å²) in [5, 5.41) is 5.57. The van der Waals surface area contributed by atoms with E-state index in [0.29, 0.717) is 5.13 Å². The predicted octanol–water partition coefficient (Wildman–Crippen LogP) is 5.78. The summed E-state index contributed by atoms with van der Waals surface area (Å²) in [6.07, 6.45) is 2.29. The first kappa shape index (κ1) is 19.0. The van der Waals surface area contributed by atoms with Crippen molar-refractivity contribution in [3.8, 4) is 11.3 Å². The molecule has 0 spiro atoms. The van der Waals surface area contributed by atoms with Crippen LogP contribution in [0.1, 0.15) is 22.4 Å². The van der Waals surface area contributed by atoms with E-state index >= 15 is 0 Å². The van der Waals surface area contributed by atoms with Gasteiger partial charge in [-0.15, -0.1) is 11.3 Å². The van der Waals surface area contributed by atoms with Crippen LogP contribution >= 0.6 is 22.7 Å². The Morgan fingerprint density at radius 3 is 2.77 bits per heavy atom. The fourth-order valence-electron chi connectivity index (χ4n) is 3.41. The van der Waals surface area contributed by atoms with E-state index in [1.165, 1.54) is 28.0 Å². The zero-order valence-corrected chi connectivity index (χ0v) is 18.5. The fraction of sp³-hybridized carbons (Fsp3) is 0.174. The number of amides is 1. The molecule has 0 unspecified atom stereocenters. The highest BCUT2D eigenvalue weighted by atomic mass is 32.1. The molecule has 3 heterocycles. The molecule has 150 valence electrons. The van der Waals surface area contributed by atoms with Crippen LogP contribution < -0.4 is 5.32 Å². The first-order valence-corrected chi connectivity index (χ1v) is 11.4. The minimum atomic E-state index is -0.0769. The molecule has 0 bridgehead atoms. The number of carbonyl (C=O) groups is 1. The van der Waals surface area contributed by atoms with Gasteiger partial charge in [-0.2, -0.15) is 0 Å². The molecular weight excluding hydrogens is 412 g/mol. The van der Waals surface area contributed by atoms with Gasteiger partial charge in [-0.05, 0) is 55.7 Å². The van der Waals surface area contributed by atoms with E-state index in [-0.39, 0.29) is 12.3 Å². The van der Waals surface area contributed by atoms with Crippen molar-refractivity contribution in [2.75, 3.05) is 5.32 Å². The summed E-state index contributed by atoms with van der Waals surface area (Å²) < 4.78 is 3.09. The van der Waals surface area contributed by atoms with Gasteiger partial charge in [0.2, 0.25) is 5.91 Å². The van der Waals surface area contributed by atoms with E-state index in [4.69, 9.17) is 4.98 Å². The van der Waals surface area contributed by atoms with Gasteiger partial charge in [0.25, 0.3) is 0 Å². The second kappa shape index (κ2) is 7.34. The minimum Gasteiger partial charge on any atom is -0.302 e. The van der Waals surface area contributed by atoms with E-state index in [1.807, 2.05) is 28.1 Å². The minimum absolute atomic E-state index is 0.0769. The topological polar surface area (TPSA) is 59.3 Å². The van der Waals surface area contributed by atoms with Gasteiger partial charge in [0.15, 0.2) is 10.1 Å². The number of thiazole rings is 2. The SMILES string of the molecule is Cc1ccc2nc(NC(=O)Cc3csc4nc(-c5ccc(C)c(C)c5)cn34)sc2c1. The van der Waals surface area contributed by atoms with Crippen molar-refractivity contribution in [1.29, 1.82) is 0 Å². The average molecular weight is 433 g/mol. The Morgan fingerprint density at radius 1 is 1.07 bits per heavy atom. The predicted molar refractivity (Wildman–Crippen MR) is 125 cm³/mol. The fourth-order valence-corrected chi connectivity index (χ4v) is 5.26. The largest absolute Gasteiger partial charge is 0.302 e. The Labute approximate surface area is 182 Å². The zero-order chi connectivity index (χ0) is 20.8. The van der Waals surface area contributed by atoms with Crippen molar-refractivity contribution in [3.05, 3.63) is 70.4 Å². The third-order valence-corrected chi connectivity index (χ3v) is 7.04. The lowest BCUT2D eigenvalue weighted by Crippen LogP contribution is -2.15. The van der Waals surface area contributed by atoms with Crippen molar-refractivity contribution >= 4 is 48.9 Å². The molecule has 5 aromatic rings. The number of aromatic nitrogens is 3. The second-order valence-electron chi connectivity index (χ2n) is 7.52. The van der Waals surface area contributed by atoms with Crippen LogP contribution in [-0.4, -0.2) is 20.3 Å². The standard InChI is InChI=1S/C23H20N4OS2/c1-13-4-7-18-20(8-13)30-22(24-18)26-21(28)10-17-12-29-23-25-19(11-27(17)23)16-6-5-14(2)15(3)9-16/h4-9,11-12H,10H2,1-3H3,(H,24,26,28). The molecule has 0 fully saturated rings. The number of hydrogen-bond donors (Lipinski definition) is 1. The maximum absolute atomic E-state index is 12.7. The molecule has 2 aromatic carbocycles. The summed E-state index contributed by atoms with van der Waals surface area (Å²) in [6.45, 7) is 6.26. The van der Waals surface area contributed by atoms with Crippen molar-refractivity contribution in [2.24, 2.45) is 0 Å². The molecule has 30 heavy (non-hydrogen) atoms. The highest BCUT2D eigenvalue weighted by Crippen LogP contribution is 2.28. The van der Waals surface area contributed by atoms with Crippen molar-refractivity contribution < 1.29 is 4.79 Å². The van der Waals surface area contributed by atoms with Crippen LogP contribution in [0, 0.1) is 20.8 Å². The molecule has 0 atom stereocenters. The highest BCUT2D eigenvalue weighted by Gasteiger charge is 2.14. The van der Waals surface area contributed by atoms with Gasteiger partial charge in [-0.3, -0.25) is 9.20 Å². The lowest BCUT2D eigenvalue weighted by Gasteiger charge is -2.02. The van der Waals surface area contributed by atoms with Crippen molar-refractivity contribution in [1.82, 2.24) is 14.4 Å². The third kappa shape index (κ3) is 3.51. The van der Waals surface area contributed by atoms with Crippen LogP contribution in [0.15, 0.2) is 48.0 Å². The molecule has 3 aromatic heterocycles. The van der Waals surface area contributed by atoms with Gasteiger partial charge in [0.05, 0.1) is 22.3 Å². The molecule has 5 nitrogen and oxygen atoms in total. The van der Waals surface area contributed by atoms with E-state index in [0.717, 1.165) is 32.1 Å². The van der Waals surface area contributed by atoms with Crippen LogP contribution in [0.25, 0.3) is 26.4 Å². The highest BCUT2D eigenvalue weighted by molar-refractivity contribution is 7.22. The Bertz CT molecular complexity index is 1410. The number of anilines is 1. The first-order valence-electron chi connectivity index (χ1n) is 9.66. The summed E-state index contributed by atoms with van der Waals surface area (Å²) in [5.41, 5.74) is 7.54. The van der Waals surface area contributed by atoms with Gasteiger partial charge in [0.1, 0.15) is 0 Å². The van der Waals surface area contributed by atoms with Crippen molar-refractivity contribution in [2.45, 2.75) is 27.2 Å². The lowest BCUT2D eigenvalue weighted by atomic mass is 10.1. The Balaban J connectivity index is 1.37. The van der Waals surface area contributed by atoms with Gasteiger partial charge < -0.3 is 5.32 Å². The number of carbonyl (C=O) groups excluding carboxylic acids is 1. The maximum Gasteiger partial charge on any atom is 0.232 e. The zero-order valence-electron chi connectivity index (χ0n) is 16.9. The Hall–Kier alpha value is -3.03. The van der Waals surface area contributed by atoms with Crippen LogP contribution in [0.2, 0.25) is 0 Å². The molecule has 5 rings (SSSR count). The van der Waals surface area contributed by atoms with Gasteiger partial charge >= 0.3 is 0 Å². The lowest BCUT2D eigenvalue weighted by molar-refractivity contribution is -0.115. The molecular formula is C23H20N4OS2. The van der Waals surface area contributed by atoms with E-state index in [1.54, 1.807) is 11.3 Å². The number of rotatable bonds is 4. The molecule has 1 amide bonds. The number of benzene rings is 2. The van der Waals surface area contributed by atoms with Gasteiger partial charge in [0, 0.05) is 22.8 Å². The molecule has 0 saturated heterocycles. The summed E-state index contributed by atoms with van der Waals surface area (Å²) in [5.74, 6) is -0.0769. The summed E-state index contributed by atoms with van der Waals surface area (Å²) in [7, 11) is 0. The van der Waals surface area contributed by atoms with E-state index in [2.05, 4.69) is 55.3 Å². The number of aryl methyl sites for hydroxylation is 3. The summed E-state index contributed by atoms with van der Waals surface area (Å²) in [6, 6.07) is 12.5. The molecule has 1 N–H and O–H groups in total. The molecule has 0 radical (unpaired) electrons. The monoisotopic (exact) mass is 432 g/mol. The number of nitrogens with one attached hydrogen (secondary N) is 1. The Kier molecular flexibility index (Phi) is 4.64. The quantitative estimate of drug-likeness (QED) is 0.392. The average Bonchev–Trinajstić information content (AvgIpc) is 3.39. The first-order chi connectivity index (χ1) is 14.5. The number of nitrogens with zero attached hydrogens (tertiary/aromatic N) is 3. The smallest absolute Gasteiger partial charge is 0.232 e. The van der Waals surface area contributed by atoms with Crippen LogP contribution in [-0.2, 0) is 11.2 Å². The summed E-state index contributed by atoms with van der Waals surface area (Å²) >= 11 is 3.05. The number of fused-ring (bicyclic) bond motifs is 2. The van der Waals surface area contributed by atoms with Crippen LogP contribution in [0.3, 0.4) is 0 Å². The number of hydrogen-bond acceptors (Lipinski definition) is 5. The second-order valence-corrected chi connectivity index (χ2v) is 9.39. The normalized spacial score (nSPS) is 11.4. The summed E-state index contributed by atoms with van der Waals surface area (Å²) in [4.78, 5) is 22.8. The maximum atomic E-state index is 12.7.